The number of piperidine rings is 2. The van der Waals surface area contributed by atoms with Gasteiger partial charge in [0.2, 0.25) is 0 Å². The Labute approximate surface area is 295 Å². The number of hydrogen-bond donors (Lipinski definition) is 2. The number of para-hydroxylation sites is 1. The number of amides is 4. The molecule has 11 nitrogen and oxygen atoms in total. The number of benzene rings is 2. The molecule has 0 unspecified atom stereocenters. The Morgan fingerprint density at radius 3 is 2.28 bits per heavy atom. The number of nitrogens with one attached hydrogen (secondary N) is 1. The molecular weight excluding hydrogens is 675 g/mol. The van der Waals surface area contributed by atoms with E-state index in [9.17, 15) is 27.6 Å². The number of urea groups is 1. The van der Waals surface area contributed by atoms with Crippen molar-refractivity contribution in [2.24, 2.45) is 0 Å². The molecule has 2 aromatic carbocycles. The van der Waals surface area contributed by atoms with E-state index in [4.69, 9.17) is 22.1 Å². The number of carbonyl (C=O) groups is 3. The largest absolute Gasteiger partial charge is 0.436 e. The van der Waals surface area contributed by atoms with Gasteiger partial charge in [0, 0.05) is 83.1 Å². The van der Waals surface area contributed by atoms with Crippen LogP contribution < -0.4 is 16.0 Å². The predicted molar refractivity (Wildman–Crippen MR) is 184 cm³/mol. The van der Waals surface area contributed by atoms with Gasteiger partial charge in [-0.3, -0.25) is 14.6 Å². The van der Waals surface area contributed by atoms with E-state index in [1.807, 2.05) is 24.3 Å². The van der Waals surface area contributed by atoms with Crippen molar-refractivity contribution < 1.29 is 32.3 Å². The fourth-order valence-corrected chi connectivity index (χ4v) is 7.83. The summed E-state index contributed by atoms with van der Waals surface area (Å²) in [6, 6.07) is 9.92. The van der Waals surface area contributed by atoms with Gasteiger partial charge < -0.3 is 30.5 Å². The number of nitrogens with two attached hydrogens (primary N) is 1. The highest BCUT2D eigenvalue weighted by Gasteiger charge is 2.38. The zero-order valence-corrected chi connectivity index (χ0v) is 29.0. The first-order valence-corrected chi connectivity index (χ1v) is 17.7. The van der Waals surface area contributed by atoms with Crippen molar-refractivity contribution >= 4 is 41.0 Å². The molecule has 4 amide bonds. The molecule has 2 aromatic rings. The zero-order valence-electron chi connectivity index (χ0n) is 28.3. The fraction of sp³-hybridized carbons (Fsp3) is 0.571. The minimum atomic E-state index is -4.76. The molecule has 1 atom stereocenters. The highest BCUT2D eigenvalue weighted by Crippen LogP contribution is 2.38. The number of piperazine rings is 1. The Bertz CT molecular complexity index is 1560. The van der Waals surface area contributed by atoms with Crippen molar-refractivity contribution in [2.75, 3.05) is 76.6 Å². The molecule has 50 heavy (non-hydrogen) atoms. The van der Waals surface area contributed by atoms with Crippen LogP contribution in [0, 0.1) is 0 Å². The summed E-state index contributed by atoms with van der Waals surface area (Å²) in [7, 11) is 2.10. The van der Waals surface area contributed by atoms with Crippen LogP contribution in [0.5, 0.6) is 0 Å². The normalized spacial score (nSPS) is 21.0. The lowest BCUT2D eigenvalue weighted by molar-refractivity contribution is -0.142. The fourth-order valence-electron chi connectivity index (χ4n) is 7.58. The number of halogens is 4. The molecule has 4 heterocycles. The molecule has 4 aliphatic heterocycles. The third kappa shape index (κ3) is 8.07. The van der Waals surface area contributed by atoms with E-state index in [2.05, 4.69) is 22.2 Å². The highest BCUT2D eigenvalue weighted by molar-refractivity contribution is 6.33. The van der Waals surface area contributed by atoms with E-state index < -0.39 is 35.5 Å². The van der Waals surface area contributed by atoms with Gasteiger partial charge in [0.1, 0.15) is 0 Å². The zero-order chi connectivity index (χ0) is 35.6. The molecule has 3 saturated heterocycles. The number of nitrogens with zero attached hydrogens (tertiary/aromatic N) is 5. The van der Waals surface area contributed by atoms with E-state index in [1.165, 1.54) is 11.0 Å². The van der Waals surface area contributed by atoms with Crippen molar-refractivity contribution in [3.8, 4) is 0 Å². The molecule has 3 N–H and O–H groups in total. The van der Waals surface area contributed by atoms with E-state index >= 15 is 0 Å². The van der Waals surface area contributed by atoms with Crippen LogP contribution in [0.15, 0.2) is 36.4 Å². The molecule has 6 rings (SSSR count). The van der Waals surface area contributed by atoms with Crippen molar-refractivity contribution in [3.05, 3.63) is 58.1 Å². The molecule has 0 radical (unpaired) electrons. The average molecular weight is 720 g/mol. The third-order valence-corrected chi connectivity index (χ3v) is 10.8. The second-order valence-corrected chi connectivity index (χ2v) is 14.1. The molecule has 0 spiro atoms. The molecule has 0 aliphatic carbocycles. The van der Waals surface area contributed by atoms with Crippen LogP contribution in [0.3, 0.4) is 0 Å². The summed E-state index contributed by atoms with van der Waals surface area (Å²) >= 11 is 6.12. The Morgan fingerprint density at radius 2 is 1.60 bits per heavy atom. The lowest BCUT2D eigenvalue weighted by atomic mass is 9.99. The summed E-state index contributed by atoms with van der Waals surface area (Å²) in [5, 5.41) is 2.67. The molecular formula is C35H45ClF3N7O4. The number of carbonyl (C=O) groups excluding carboxylic acids is 3. The molecule has 0 bridgehead atoms. The average Bonchev–Trinajstić information content (AvgIpc) is 3.27. The van der Waals surface area contributed by atoms with Gasteiger partial charge >= 0.3 is 18.3 Å². The van der Waals surface area contributed by atoms with Gasteiger partial charge in [-0.1, -0.05) is 29.8 Å². The summed E-state index contributed by atoms with van der Waals surface area (Å²) in [6.45, 7) is 5.87. The first-order chi connectivity index (χ1) is 23.9. The first kappa shape index (κ1) is 36.1. The first-order valence-electron chi connectivity index (χ1n) is 17.4. The number of nitrogen functional groups attached to an aromatic ring is 1. The van der Waals surface area contributed by atoms with Gasteiger partial charge in [-0.2, -0.15) is 13.2 Å². The van der Waals surface area contributed by atoms with Crippen LogP contribution in [0.25, 0.3) is 0 Å². The lowest BCUT2D eigenvalue weighted by Crippen LogP contribution is -2.55. The highest BCUT2D eigenvalue weighted by atomic mass is 35.5. The molecule has 0 aromatic heterocycles. The quantitative estimate of drug-likeness (QED) is 0.424. The topological polar surface area (TPSA) is 115 Å². The summed E-state index contributed by atoms with van der Waals surface area (Å²) < 4.78 is 47.3. The number of likely N-dealkylation sites (N-methyl/N-ethyl adjacent to an activating group) is 1. The Kier molecular flexibility index (Phi) is 11.0. The maximum atomic E-state index is 14.0. The second-order valence-electron chi connectivity index (χ2n) is 13.7. The Balaban J connectivity index is 1.15. The van der Waals surface area contributed by atoms with E-state index in [0.717, 1.165) is 62.8 Å². The van der Waals surface area contributed by atoms with Gasteiger partial charge in [-0.25, -0.2) is 9.59 Å². The summed E-state index contributed by atoms with van der Waals surface area (Å²) in [5.41, 5.74) is 5.96. The minimum Gasteiger partial charge on any atom is -0.436 e. The van der Waals surface area contributed by atoms with Gasteiger partial charge in [0.25, 0.3) is 5.91 Å². The van der Waals surface area contributed by atoms with Crippen LogP contribution in [0.2, 0.25) is 5.02 Å². The van der Waals surface area contributed by atoms with Crippen LogP contribution >= 0.6 is 11.6 Å². The number of anilines is 2. The molecule has 272 valence electrons. The van der Waals surface area contributed by atoms with Gasteiger partial charge in [-0.15, -0.1) is 0 Å². The van der Waals surface area contributed by atoms with E-state index in [-0.39, 0.29) is 42.2 Å². The van der Waals surface area contributed by atoms with Gasteiger partial charge in [-0.05, 0) is 68.5 Å². The maximum Gasteiger partial charge on any atom is 0.418 e. The monoisotopic (exact) mass is 719 g/mol. The third-order valence-electron chi connectivity index (χ3n) is 10.5. The summed E-state index contributed by atoms with van der Waals surface area (Å²) in [4.78, 5) is 50.3. The summed E-state index contributed by atoms with van der Waals surface area (Å²) in [5.74, 6) is -0.454. The van der Waals surface area contributed by atoms with Gasteiger partial charge in [0.15, 0.2) is 6.10 Å². The Morgan fingerprint density at radius 1 is 0.960 bits per heavy atom. The molecule has 4 aliphatic rings. The van der Waals surface area contributed by atoms with Crippen LogP contribution in [-0.2, 0) is 28.5 Å². The van der Waals surface area contributed by atoms with Crippen LogP contribution in [0.4, 0.5) is 34.1 Å². The van der Waals surface area contributed by atoms with Crippen molar-refractivity contribution in [2.45, 2.75) is 62.9 Å². The number of hydrogen-bond acceptors (Lipinski definition) is 7. The SMILES string of the molecule is CN1CCN(C2CCN(C(=O)[C@@H](Cc3cc(Cl)c(N)c(C(F)(F)F)c3)OC(=O)N3CCC(N4C(=O)NCCc5ccccc54)CC3)CC2)CC1. The second kappa shape index (κ2) is 15.2. The van der Waals surface area contributed by atoms with Crippen molar-refractivity contribution in [3.63, 3.8) is 0 Å². The molecule has 15 heteroatoms. The number of ether oxygens (including phenoxy) is 1. The number of rotatable bonds is 6. The number of fused-ring (bicyclic) bond motifs is 1. The van der Waals surface area contributed by atoms with Crippen molar-refractivity contribution in [1.82, 2.24) is 24.9 Å². The minimum absolute atomic E-state index is 0.0829. The van der Waals surface area contributed by atoms with Crippen LogP contribution in [0.1, 0.15) is 42.4 Å². The Hall–Kier alpha value is -3.75. The predicted octanol–water partition coefficient (Wildman–Crippen LogP) is 4.46. The van der Waals surface area contributed by atoms with Crippen LogP contribution in [-0.4, -0.2) is 122 Å². The molecule has 0 saturated carbocycles. The summed E-state index contributed by atoms with van der Waals surface area (Å²) in [6.07, 6.45) is -3.97. The van der Waals surface area contributed by atoms with Crippen molar-refractivity contribution in [1.29, 1.82) is 0 Å². The number of likely N-dealkylation sites (tertiary alicyclic amines) is 2. The lowest BCUT2D eigenvalue weighted by Gasteiger charge is -2.42. The van der Waals surface area contributed by atoms with E-state index in [0.29, 0.717) is 38.5 Å². The molecule has 3 fully saturated rings. The standard InChI is InChI=1S/C35H45ClF3N7O4/c1-42-16-18-43(19-17-42)25-7-12-44(13-8-25)32(47)30(22-23-20-27(35(37,38)39)31(40)28(36)21-23)50-34(49)45-14-9-26(10-15-45)46-29-5-3-2-4-24(29)6-11-41-33(46)48/h2-5,20-21,25-26,30H,6-19,22,40H2,1H3,(H,41,48)/t30-/m1/s1. The number of alkyl halides is 3. The van der Waals surface area contributed by atoms with Gasteiger partial charge in [0.05, 0.1) is 16.3 Å². The van der Waals surface area contributed by atoms with E-state index in [1.54, 1.807) is 9.80 Å². The smallest absolute Gasteiger partial charge is 0.418 e. The maximum absolute atomic E-state index is 14.0.